The van der Waals surface area contributed by atoms with Crippen molar-refractivity contribution in [2.24, 2.45) is 0 Å². The van der Waals surface area contributed by atoms with Gasteiger partial charge in [0, 0.05) is 35.9 Å². The number of carbonyl (C=O) groups excluding carboxylic acids is 1. The van der Waals surface area contributed by atoms with E-state index in [-0.39, 0.29) is 5.78 Å². The van der Waals surface area contributed by atoms with Crippen LogP contribution in [0.5, 0.6) is 0 Å². The monoisotopic (exact) mass is 212 g/mol. The molecular formula is C13H12N2O. The highest BCUT2D eigenvalue weighted by Crippen LogP contribution is 2.12. The second-order valence-corrected chi connectivity index (χ2v) is 3.77. The van der Waals surface area contributed by atoms with Crippen molar-refractivity contribution in [3.05, 3.63) is 59.2 Å². The van der Waals surface area contributed by atoms with E-state index in [1.54, 1.807) is 24.8 Å². The Labute approximate surface area is 94.2 Å². The topological polar surface area (TPSA) is 42.9 Å². The van der Waals surface area contributed by atoms with Crippen molar-refractivity contribution in [2.45, 2.75) is 13.8 Å². The number of aryl methyl sites for hydroxylation is 2. The SMILES string of the molecule is Cc1cncc(C(=O)c2cnccc2C)c1. The minimum atomic E-state index is -0.0261. The minimum Gasteiger partial charge on any atom is -0.288 e. The number of hydrogen-bond donors (Lipinski definition) is 0. The Balaban J connectivity index is 2.44. The predicted molar refractivity (Wildman–Crippen MR) is 61.4 cm³/mol. The molecule has 0 aliphatic rings. The van der Waals surface area contributed by atoms with Gasteiger partial charge in [0.05, 0.1) is 0 Å². The third-order valence-electron chi connectivity index (χ3n) is 2.42. The third kappa shape index (κ3) is 1.98. The first kappa shape index (κ1) is 10.5. The van der Waals surface area contributed by atoms with E-state index < -0.39 is 0 Å². The maximum atomic E-state index is 12.1. The molecule has 0 unspecified atom stereocenters. The Hall–Kier alpha value is -2.03. The average Bonchev–Trinajstić information content (AvgIpc) is 2.29. The highest BCUT2D eigenvalue weighted by molar-refractivity contribution is 6.09. The van der Waals surface area contributed by atoms with Crippen LogP contribution in [0.1, 0.15) is 27.0 Å². The van der Waals surface area contributed by atoms with Crippen molar-refractivity contribution < 1.29 is 4.79 Å². The summed E-state index contributed by atoms with van der Waals surface area (Å²) in [6.45, 7) is 3.82. The Morgan fingerprint density at radius 3 is 2.62 bits per heavy atom. The van der Waals surface area contributed by atoms with E-state index in [4.69, 9.17) is 0 Å². The molecule has 3 nitrogen and oxygen atoms in total. The van der Waals surface area contributed by atoms with Gasteiger partial charge >= 0.3 is 0 Å². The van der Waals surface area contributed by atoms with E-state index in [1.807, 2.05) is 26.0 Å². The number of aromatic nitrogens is 2. The first-order chi connectivity index (χ1) is 7.68. The van der Waals surface area contributed by atoms with Crippen LogP contribution in [0, 0.1) is 13.8 Å². The van der Waals surface area contributed by atoms with Crippen LogP contribution in [0.3, 0.4) is 0 Å². The van der Waals surface area contributed by atoms with Gasteiger partial charge in [0.1, 0.15) is 0 Å². The smallest absolute Gasteiger partial charge is 0.196 e. The normalized spacial score (nSPS) is 10.1. The van der Waals surface area contributed by atoms with E-state index in [0.29, 0.717) is 11.1 Å². The van der Waals surface area contributed by atoms with E-state index in [0.717, 1.165) is 11.1 Å². The van der Waals surface area contributed by atoms with Crippen LogP contribution in [0.4, 0.5) is 0 Å². The average molecular weight is 212 g/mol. The van der Waals surface area contributed by atoms with Crippen LogP contribution in [0.25, 0.3) is 0 Å². The lowest BCUT2D eigenvalue weighted by Crippen LogP contribution is -2.05. The molecule has 0 aliphatic carbocycles. The van der Waals surface area contributed by atoms with E-state index in [1.165, 1.54) is 0 Å². The van der Waals surface area contributed by atoms with Crippen molar-refractivity contribution in [3.63, 3.8) is 0 Å². The Morgan fingerprint density at radius 2 is 1.94 bits per heavy atom. The summed E-state index contributed by atoms with van der Waals surface area (Å²) in [5.41, 5.74) is 3.15. The lowest BCUT2D eigenvalue weighted by molar-refractivity contribution is 0.103. The van der Waals surface area contributed by atoms with Crippen LogP contribution in [-0.4, -0.2) is 15.8 Å². The van der Waals surface area contributed by atoms with Gasteiger partial charge < -0.3 is 0 Å². The second kappa shape index (κ2) is 4.23. The maximum Gasteiger partial charge on any atom is 0.196 e. The summed E-state index contributed by atoms with van der Waals surface area (Å²) in [4.78, 5) is 20.1. The zero-order valence-corrected chi connectivity index (χ0v) is 9.27. The highest BCUT2D eigenvalue weighted by Gasteiger charge is 2.11. The molecule has 0 fully saturated rings. The fourth-order valence-electron chi connectivity index (χ4n) is 1.54. The highest BCUT2D eigenvalue weighted by atomic mass is 16.1. The van der Waals surface area contributed by atoms with E-state index in [2.05, 4.69) is 9.97 Å². The van der Waals surface area contributed by atoms with Crippen molar-refractivity contribution in [3.8, 4) is 0 Å². The Kier molecular flexibility index (Phi) is 2.77. The third-order valence-corrected chi connectivity index (χ3v) is 2.42. The van der Waals surface area contributed by atoms with Gasteiger partial charge in [-0.15, -0.1) is 0 Å². The van der Waals surface area contributed by atoms with Crippen LogP contribution >= 0.6 is 0 Å². The molecule has 3 heteroatoms. The Bertz CT molecular complexity index is 535. The number of hydrogen-bond acceptors (Lipinski definition) is 3. The molecule has 0 aliphatic heterocycles. The first-order valence-electron chi connectivity index (χ1n) is 5.05. The molecule has 0 saturated carbocycles. The largest absolute Gasteiger partial charge is 0.288 e. The fraction of sp³-hybridized carbons (Fsp3) is 0.154. The molecule has 0 atom stereocenters. The molecule has 2 rings (SSSR count). The quantitative estimate of drug-likeness (QED) is 0.717. The molecule has 0 spiro atoms. The zero-order valence-electron chi connectivity index (χ0n) is 9.27. The van der Waals surface area contributed by atoms with Gasteiger partial charge in [0.15, 0.2) is 5.78 Å². The Morgan fingerprint density at radius 1 is 1.12 bits per heavy atom. The second-order valence-electron chi connectivity index (χ2n) is 3.77. The standard InChI is InChI=1S/C13H12N2O/c1-9-5-11(7-15-6-9)13(16)12-8-14-4-3-10(12)2/h3-8H,1-2H3. The molecular weight excluding hydrogens is 200 g/mol. The molecule has 0 amide bonds. The van der Waals surface area contributed by atoms with Gasteiger partial charge in [-0.2, -0.15) is 0 Å². The molecule has 0 saturated heterocycles. The summed E-state index contributed by atoms with van der Waals surface area (Å²) in [7, 11) is 0. The van der Waals surface area contributed by atoms with E-state index in [9.17, 15) is 4.79 Å². The van der Waals surface area contributed by atoms with Crippen LogP contribution in [0.15, 0.2) is 36.9 Å². The lowest BCUT2D eigenvalue weighted by atomic mass is 10.0. The van der Waals surface area contributed by atoms with Gasteiger partial charge in [-0.05, 0) is 37.1 Å². The van der Waals surface area contributed by atoms with Crippen molar-refractivity contribution >= 4 is 5.78 Å². The summed E-state index contributed by atoms with van der Waals surface area (Å²) in [5, 5.41) is 0. The van der Waals surface area contributed by atoms with Gasteiger partial charge in [-0.3, -0.25) is 14.8 Å². The number of rotatable bonds is 2. The van der Waals surface area contributed by atoms with Gasteiger partial charge in [-0.1, -0.05) is 0 Å². The van der Waals surface area contributed by atoms with Gasteiger partial charge in [0.25, 0.3) is 0 Å². The molecule has 2 aromatic heterocycles. The van der Waals surface area contributed by atoms with Crippen LogP contribution < -0.4 is 0 Å². The maximum absolute atomic E-state index is 12.1. The molecule has 0 aromatic carbocycles. The molecule has 2 aromatic rings. The molecule has 16 heavy (non-hydrogen) atoms. The summed E-state index contributed by atoms with van der Waals surface area (Å²) in [6, 6.07) is 3.66. The zero-order chi connectivity index (χ0) is 11.5. The number of nitrogens with zero attached hydrogens (tertiary/aromatic N) is 2. The summed E-state index contributed by atoms with van der Waals surface area (Å²) in [6.07, 6.45) is 6.59. The predicted octanol–water partition coefficient (Wildman–Crippen LogP) is 2.32. The molecule has 0 bridgehead atoms. The van der Waals surface area contributed by atoms with Crippen molar-refractivity contribution in [1.29, 1.82) is 0 Å². The number of pyridine rings is 2. The van der Waals surface area contributed by atoms with Crippen LogP contribution in [-0.2, 0) is 0 Å². The number of ketones is 1. The van der Waals surface area contributed by atoms with Crippen molar-refractivity contribution in [1.82, 2.24) is 9.97 Å². The molecule has 0 N–H and O–H groups in total. The first-order valence-corrected chi connectivity index (χ1v) is 5.05. The number of carbonyl (C=O) groups is 1. The van der Waals surface area contributed by atoms with Crippen LogP contribution in [0.2, 0.25) is 0 Å². The van der Waals surface area contributed by atoms with E-state index >= 15 is 0 Å². The summed E-state index contributed by atoms with van der Waals surface area (Å²) in [5.74, 6) is -0.0261. The lowest BCUT2D eigenvalue weighted by Gasteiger charge is -2.04. The molecule has 80 valence electrons. The summed E-state index contributed by atoms with van der Waals surface area (Å²) < 4.78 is 0. The van der Waals surface area contributed by atoms with Crippen molar-refractivity contribution in [2.75, 3.05) is 0 Å². The minimum absolute atomic E-state index is 0.0261. The van der Waals surface area contributed by atoms with Gasteiger partial charge in [0.2, 0.25) is 0 Å². The fourth-order valence-corrected chi connectivity index (χ4v) is 1.54. The summed E-state index contributed by atoms with van der Waals surface area (Å²) >= 11 is 0. The molecule has 0 radical (unpaired) electrons. The molecule has 2 heterocycles. The van der Waals surface area contributed by atoms with Gasteiger partial charge in [-0.25, -0.2) is 0 Å².